The van der Waals surface area contributed by atoms with Crippen molar-refractivity contribution in [2.75, 3.05) is 0 Å². The van der Waals surface area contributed by atoms with Crippen LogP contribution >= 0.6 is 11.6 Å². The van der Waals surface area contributed by atoms with Crippen LogP contribution in [0.5, 0.6) is 11.5 Å². The molecule has 0 bridgehead atoms. The molecule has 0 N–H and O–H groups in total. The van der Waals surface area contributed by atoms with Gasteiger partial charge in [0.05, 0.1) is 0 Å². The Labute approximate surface area is 129 Å². The maximum absolute atomic E-state index is 6.19. The van der Waals surface area contributed by atoms with Crippen molar-refractivity contribution in [1.29, 1.82) is 0 Å². The van der Waals surface area contributed by atoms with Gasteiger partial charge < -0.3 is 4.74 Å². The van der Waals surface area contributed by atoms with Crippen LogP contribution in [0.4, 0.5) is 0 Å². The van der Waals surface area contributed by atoms with Crippen LogP contribution in [0.2, 0.25) is 5.02 Å². The zero-order chi connectivity index (χ0) is 14.6. The fraction of sp³-hybridized carbons (Fsp3) is 0.158. The third-order valence-corrected chi connectivity index (χ3v) is 4.59. The number of halogens is 1. The molecule has 21 heavy (non-hydrogen) atoms. The van der Waals surface area contributed by atoms with E-state index in [1.165, 1.54) is 16.3 Å². The van der Waals surface area contributed by atoms with Crippen LogP contribution < -0.4 is 4.74 Å². The van der Waals surface area contributed by atoms with E-state index in [0.717, 1.165) is 22.1 Å². The standard InChI is InChI=1S/C19H15ClO/c1-19(2)15-11-13(20)8-10-16(15)21-17-9-7-12-5-3-4-6-14(12)18(17)19/h3-11H,1-2H3. The average molecular weight is 295 g/mol. The van der Waals surface area contributed by atoms with E-state index in [4.69, 9.17) is 16.3 Å². The van der Waals surface area contributed by atoms with Crippen molar-refractivity contribution in [1.82, 2.24) is 0 Å². The first kappa shape index (κ1) is 12.7. The molecule has 0 atom stereocenters. The molecule has 0 aromatic heterocycles. The number of hydrogen-bond donors (Lipinski definition) is 0. The molecule has 3 aromatic rings. The Morgan fingerprint density at radius 1 is 0.905 bits per heavy atom. The molecule has 0 fully saturated rings. The maximum Gasteiger partial charge on any atom is 0.132 e. The first-order valence-electron chi connectivity index (χ1n) is 7.07. The van der Waals surface area contributed by atoms with Gasteiger partial charge in [0.2, 0.25) is 0 Å². The van der Waals surface area contributed by atoms with Crippen LogP contribution in [0.15, 0.2) is 54.6 Å². The molecule has 3 aromatic carbocycles. The Hall–Kier alpha value is -1.99. The van der Waals surface area contributed by atoms with Gasteiger partial charge in [-0.2, -0.15) is 0 Å². The molecule has 1 aliphatic rings. The summed E-state index contributed by atoms with van der Waals surface area (Å²) >= 11 is 6.19. The smallest absolute Gasteiger partial charge is 0.132 e. The van der Waals surface area contributed by atoms with Crippen molar-refractivity contribution in [2.45, 2.75) is 19.3 Å². The molecule has 4 rings (SSSR count). The van der Waals surface area contributed by atoms with E-state index in [1.807, 2.05) is 18.2 Å². The summed E-state index contributed by atoms with van der Waals surface area (Å²) in [6.07, 6.45) is 0. The lowest BCUT2D eigenvalue weighted by atomic mass is 9.74. The molecular weight excluding hydrogens is 280 g/mol. The van der Waals surface area contributed by atoms with E-state index in [2.05, 4.69) is 50.2 Å². The quantitative estimate of drug-likeness (QED) is 0.499. The van der Waals surface area contributed by atoms with Gasteiger partial charge in [-0.15, -0.1) is 0 Å². The second-order valence-electron chi connectivity index (χ2n) is 6.03. The van der Waals surface area contributed by atoms with Crippen molar-refractivity contribution < 1.29 is 4.74 Å². The summed E-state index contributed by atoms with van der Waals surface area (Å²) in [4.78, 5) is 0. The number of fused-ring (bicyclic) bond motifs is 4. The molecule has 0 spiro atoms. The minimum Gasteiger partial charge on any atom is -0.457 e. The highest BCUT2D eigenvalue weighted by Crippen LogP contribution is 2.50. The van der Waals surface area contributed by atoms with Gasteiger partial charge in [-0.1, -0.05) is 55.8 Å². The van der Waals surface area contributed by atoms with E-state index in [-0.39, 0.29) is 5.41 Å². The summed E-state index contributed by atoms with van der Waals surface area (Å²) < 4.78 is 6.12. The van der Waals surface area contributed by atoms with Crippen LogP contribution in [0.1, 0.15) is 25.0 Å². The predicted molar refractivity (Wildman–Crippen MR) is 87.6 cm³/mol. The van der Waals surface area contributed by atoms with Crippen LogP contribution in [-0.2, 0) is 5.41 Å². The summed E-state index contributed by atoms with van der Waals surface area (Å²) in [5, 5.41) is 3.22. The minimum absolute atomic E-state index is 0.144. The molecule has 0 radical (unpaired) electrons. The van der Waals surface area contributed by atoms with E-state index < -0.39 is 0 Å². The summed E-state index contributed by atoms with van der Waals surface area (Å²) in [6.45, 7) is 4.46. The Morgan fingerprint density at radius 2 is 1.67 bits per heavy atom. The minimum atomic E-state index is -0.144. The first-order chi connectivity index (χ1) is 10.1. The van der Waals surface area contributed by atoms with Gasteiger partial charge >= 0.3 is 0 Å². The normalized spacial score (nSPS) is 15.2. The largest absolute Gasteiger partial charge is 0.457 e. The molecule has 104 valence electrons. The Bertz CT molecular complexity index is 865. The SMILES string of the molecule is CC1(C)c2cc(Cl)ccc2Oc2ccc3ccccc3c21. The lowest BCUT2D eigenvalue weighted by Crippen LogP contribution is -2.24. The van der Waals surface area contributed by atoms with Gasteiger partial charge in [0.1, 0.15) is 11.5 Å². The van der Waals surface area contributed by atoms with Crippen molar-refractivity contribution in [3.8, 4) is 11.5 Å². The molecule has 0 saturated carbocycles. The lowest BCUT2D eigenvalue weighted by molar-refractivity contribution is 0.420. The molecule has 1 aliphatic heterocycles. The summed E-state index contributed by atoms with van der Waals surface area (Å²) in [6, 6.07) is 18.5. The molecule has 2 heteroatoms. The van der Waals surface area contributed by atoms with Crippen molar-refractivity contribution in [2.24, 2.45) is 0 Å². The third kappa shape index (κ3) is 1.77. The molecule has 0 aliphatic carbocycles. The second kappa shape index (κ2) is 4.25. The van der Waals surface area contributed by atoms with E-state index in [0.29, 0.717) is 0 Å². The van der Waals surface area contributed by atoms with Crippen molar-refractivity contribution >= 4 is 22.4 Å². The molecule has 0 saturated heterocycles. The van der Waals surface area contributed by atoms with Crippen LogP contribution in [0, 0.1) is 0 Å². The zero-order valence-corrected chi connectivity index (χ0v) is 12.7. The van der Waals surface area contributed by atoms with Gasteiger partial charge in [-0.25, -0.2) is 0 Å². The molecular formula is C19H15ClO. The lowest BCUT2D eigenvalue weighted by Gasteiger charge is -2.35. The van der Waals surface area contributed by atoms with Crippen LogP contribution in [-0.4, -0.2) is 0 Å². The van der Waals surface area contributed by atoms with Gasteiger partial charge in [0, 0.05) is 21.6 Å². The maximum atomic E-state index is 6.19. The van der Waals surface area contributed by atoms with Crippen LogP contribution in [0.25, 0.3) is 10.8 Å². The fourth-order valence-electron chi connectivity index (χ4n) is 3.31. The van der Waals surface area contributed by atoms with E-state index in [9.17, 15) is 0 Å². The number of rotatable bonds is 0. The Kier molecular flexibility index (Phi) is 2.58. The number of hydrogen-bond acceptors (Lipinski definition) is 1. The summed E-state index contributed by atoms with van der Waals surface area (Å²) in [7, 11) is 0. The monoisotopic (exact) mass is 294 g/mol. The number of benzene rings is 3. The topological polar surface area (TPSA) is 9.23 Å². The zero-order valence-electron chi connectivity index (χ0n) is 12.0. The third-order valence-electron chi connectivity index (χ3n) is 4.35. The van der Waals surface area contributed by atoms with E-state index in [1.54, 1.807) is 0 Å². The number of ether oxygens (including phenoxy) is 1. The summed E-state index contributed by atoms with van der Waals surface area (Å²) in [5.41, 5.74) is 2.23. The fourth-order valence-corrected chi connectivity index (χ4v) is 3.49. The van der Waals surface area contributed by atoms with E-state index >= 15 is 0 Å². The first-order valence-corrected chi connectivity index (χ1v) is 7.45. The van der Waals surface area contributed by atoms with Crippen LogP contribution in [0.3, 0.4) is 0 Å². The predicted octanol–water partition coefficient (Wildman–Crippen LogP) is 5.92. The highest BCUT2D eigenvalue weighted by Gasteiger charge is 2.35. The molecule has 0 amide bonds. The van der Waals surface area contributed by atoms with Crippen molar-refractivity contribution in [3.05, 3.63) is 70.7 Å². The summed E-state index contributed by atoms with van der Waals surface area (Å²) in [5.74, 6) is 1.83. The van der Waals surface area contributed by atoms with Gasteiger partial charge in [0.15, 0.2) is 0 Å². The Morgan fingerprint density at radius 3 is 2.52 bits per heavy atom. The second-order valence-corrected chi connectivity index (χ2v) is 6.46. The molecule has 0 unspecified atom stereocenters. The average Bonchev–Trinajstić information content (AvgIpc) is 2.47. The van der Waals surface area contributed by atoms with Crippen molar-refractivity contribution in [3.63, 3.8) is 0 Å². The highest BCUT2D eigenvalue weighted by atomic mass is 35.5. The Balaban J connectivity index is 2.08. The molecule has 1 nitrogen and oxygen atoms in total. The van der Waals surface area contributed by atoms with Gasteiger partial charge in [0.25, 0.3) is 0 Å². The molecule has 1 heterocycles. The highest BCUT2D eigenvalue weighted by molar-refractivity contribution is 6.30. The van der Waals surface area contributed by atoms with Gasteiger partial charge in [-0.3, -0.25) is 0 Å². The van der Waals surface area contributed by atoms with Gasteiger partial charge in [-0.05, 0) is 35.0 Å².